The summed E-state index contributed by atoms with van der Waals surface area (Å²) in [4.78, 5) is 23.0. The second-order valence-electron chi connectivity index (χ2n) is 6.31. The van der Waals surface area contributed by atoms with Gasteiger partial charge in [-0.1, -0.05) is 6.92 Å². The molecule has 0 atom stereocenters. The van der Waals surface area contributed by atoms with Crippen LogP contribution in [0.25, 0.3) is 5.69 Å². The molecule has 0 aliphatic heterocycles. The number of benzene rings is 1. The largest absolute Gasteiger partial charge is 0.481 e. The summed E-state index contributed by atoms with van der Waals surface area (Å²) in [5.74, 6) is 1.27. The number of hydrogen-bond donors (Lipinski definition) is 2. The molecule has 0 unspecified atom stereocenters. The molecule has 146 valence electrons. The van der Waals surface area contributed by atoms with E-state index in [-0.39, 0.29) is 12.3 Å². The van der Waals surface area contributed by atoms with Crippen molar-refractivity contribution in [1.82, 2.24) is 15.1 Å². The fraction of sp³-hybridized carbons (Fsp3) is 0.450. The number of aliphatic carboxylic acids is 1. The standard InChI is InChI=1S/C20H27N3O3S/c1-4-27-13-5-12-21-20(26)16-6-8-17(9-7-16)23-15(3)18(14(2)22-23)10-11-19(24)25/h6-9H,4-5,10-13H2,1-3H3,(H,21,26)(H,24,25). The number of hydrogen-bond acceptors (Lipinski definition) is 4. The normalized spacial score (nSPS) is 10.8. The molecule has 0 aliphatic rings. The SMILES string of the molecule is CCSCCCNC(=O)c1ccc(-n2nc(C)c(CCC(=O)O)c2C)cc1. The number of aryl methyl sites for hydroxylation is 1. The van der Waals surface area contributed by atoms with Crippen LogP contribution in [0, 0.1) is 13.8 Å². The minimum atomic E-state index is -0.815. The molecule has 0 bridgehead atoms. The summed E-state index contributed by atoms with van der Waals surface area (Å²) in [5.41, 5.74) is 4.20. The van der Waals surface area contributed by atoms with Gasteiger partial charge >= 0.3 is 5.97 Å². The third-order valence-electron chi connectivity index (χ3n) is 4.36. The number of nitrogens with zero attached hydrogens (tertiary/aromatic N) is 2. The van der Waals surface area contributed by atoms with Crippen LogP contribution in [0.2, 0.25) is 0 Å². The zero-order chi connectivity index (χ0) is 19.8. The fourth-order valence-corrected chi connectivity index (χ4v) is 3.53. The second-order valence-corrected chi connectivity index (χ2v) is 7.70. The first-order chi connectivity index (χ1) is 12.9. The molecule has 2 rings (SSSR count). The molecule has 0 aliphatic carbocycles. The highest BCUT2D eigenvalue weighted by Gasteiger charge is 2.14. The Hall–Kier alpha value is -2.28. The van der Waals surface area contributed by atoms with Gasteiger partial charge in [-0.3, -0.25) is 9.59 Å². The highest BCUT2D eigenvalue weighted by molar-refractivity contribution is 7.99. The average molecular weight is 390 g/mol. The molecule has 7 heteroatoms. The van der Waals surface area contributed by atoms with Crippen LogP contribution in [-0.2, 0) is 11.2 Å². The zero-order valence-electron chi connectivity index (χ0n) is 16.1. The van der Waals surface area contributed by atoms with E-state index in [0.717, 1.165) is 40.6 Å². The lowest BCUT2D eigenvalue weighted by Gasteiger charge is -2.08. The molecule has 0 saturated carbocycles. The minimum Gasteiger partial charge on any atom is -0.481 e. The molecule has 0 fully saturated rings. The molecule has 0 spiro atoms. The quantitative estimate of drug-likeness (QED) is 0.609. The van der Waals surface area contributed by atoms with Crippen molar-refractivity contribution in [1.29, 1.82) is 0 Å². The van der Waals surface area contributed by atoms with Crippen molar-refractivity contribution >= 4 is 23.6 Å². The highest BCUT2D eigenvalue weighted by atomic mass is 32.2. The van der Waals surface area contributed by atoms with E-state index in [1.54, 1.807) is 16.8 Å². The van der Waals surface area contributed by atoms with E-state index in [1.807, 2.05) is 37.7 Å². The predicted octanol–water partition coefficient (Wildman–Crippen LogP) is 3.38. The van der Waals surface area contributed by atoms with Gasteiger partial charge in [0.25, 0.3) is 5.91 Å². The van der Waals surface area contributed by atoms with E-state index in [9.17, 15) is 9.59 Å². The highest BCUT2D eigenvalue weighted by Crippen LogP contribution is 2.20. The van der Waals surface area contributed by atoms with Gasteiger partial charge in [-0.25, -0.2) is 4.68 Å². The molecule has 0 radical (unpaired) electrons. The molecule has 1 amide bonds. The number of carbonyl (C=O) groups is 2. The summed E-state index contributed by atoms with van der Waals surface area (Å²) < 4.78 is 1.80. The smallest absolute Gasteiger partial charge is 0.303 e. The first kappa shape index (κ1) is 21.0. The van der Waals surface area contributed by atoms with E-state index in [1.165, 1.54) is 0 Å². The van der Waals surface area contributed by atoms with Gasteiger partial charge in [-0.15, -0.1) is 0 Å². The third-order valence-corrected chi connectivity index (χ3v) is 5.34. The minimum absolute atomic E-state index is 0.0708. The molecule has 27 heavy (non-hydrogen) atoms. The lowest BCUT2D eigenvalue weighted by molar-refractivity contribution is -0.136. The molecule has 1 aromatic heterocycles. The van der Waals surface area contributed by atoms with E-state index in [2.05, 4.69) is 17.3 Å². The Morgan fingerprint density at radius 1 is 1.22 bits per heavy atom. The number of carboxylic acids is 1. The molecular weight excluding hydrogens is 362 g/mol. The van der Waals surface area contributed by atoms with Crippen molar-refractivity contribution in [3.8, 4) is 5.69 Å². The van der Waals surface area contributed by atoms with Gasteiger partial charge in [0, 0.05) is 24.2 Å². The molecule has 1 aromatic carbocycles. The van der Waals surface area contributed by atoms with Gasteiger partial charge in [0.1, 0.15) is 0 Å². The maximum Gasteiger partial charge on any atom is 0.303 e. The number of aromatic nitrogens is 2. The summed E-state index contributed by atoms with van der Waals surface area (Å²) in [6, 6.07) is 7.31. The Morgan fingerprint density at radius 2 is 1.93 bits per heavy atom. The fourth-order valence-electron chi connectivity index (χ4n) is 2.90. The maximum absolute atomic E-state index is 12.2. The summed E-state index contributed by atoms with van der Waals surface area (Å²) in [6.07, 6.45) is 1.51. The van der Waals surface area contributed by atoms with Gasteiger partial charge in [-0.2, -0.15) is 16.9 Å². The van der Waals surface area contributed by atoms with Crippen molar-refractivity contribution < 1.29 is 14.7 Å². The summed E-state index contributed by atoms with van der Waals surface area (Å²) in [6.45, 7) is 6.63. The monoisotopic (exact) mass is 389 g/mol. The van der Waals surface area contributed by atoms with Crippen LogP contribution in [0.15, 0.2) is 24.3 Å². The Bertz CT molecular complexity index is 785. The Balaban J connectivity index is 2.03. The maximum atomic E-state index is 12.2. The average Bonchev–Trinajstić information content (AvgIpc) is 2.93. The molecule has 0 saturated heterocycles. The Morgan fingerprint density at radius 3 is 2.56 bits per heavy atom. The number of amides is 1. The van der Waals surface area contributed by atoms with Crippen molar-refractivity contribution in [2.75, 3.05) is 18.1 Å². The van der Waals surface area contributed by atoms with Crippen LogP contribution < -0.4 is 5.32 Å². The summed E-state index contributed by atoms with van der Waals surface area (Å²) in [7, 11) is 0. The molecular formula is C20H27N3O3S. The van der Waals surface area contributed by atoms with E-state index < -0.39 is 5.97 Å². The number of nitrogens with one attached hydrogen (secondary N) is 1. The number of rotatable bonds is 10. The van der Waals surface area contributed by atoms with Crippen molar-refractivity contribution in [3.05, 3.63) is 46.8 Å². The van der Waals surface area contributed by atoms with Crippen LogP contribution in [0.3, 0.4) is 0 Å². The number of thioether (sulfide) groups is 1. The Labute approximate surface area is 164 Å². The van der Waals surface area contributed by atoms with Gasteiger partial charge in [0.15, 0.2) is 0 Å². The molecule has 2 N–H and O–H groups in total. The first-order valence-electron chi connectivity index (χ1n) is 9.17. The number of carbonyl (C=O) groups excluding carboxylic acids is 1. The van der Waals surface area contributed by atoms with E-state index in [0.29, 0.717) is 18.5 Å². The van der Waals surface area contributed by atoms with Crippen LogP contribution in [-0.4, -0.2) is 44.8 Å². The van der Waals surface area contributed by atoms with Crippen molar-refractivity contribution in [3.63, 3.8) is 0 Å². The van der Waals surface area contributed by atoms with Crippen LogP contribution in [0.4, 0.5) is 0 Å². The molecule has 6 nitrogen and oxygen atoms in total. The zero-order valence-corrected chi connectivity index (χ0v) is 16.9. The van der Waals surface area contributed by atoms with Gasteiger partial charge < -0.3 is 10.4 Å². The molecule has 1 heterocycles. The third kappa shape index (κ3) is 5.85. The van der Waals surface area contributed by atoms with E-state index >= 15 is 0 Å². The lowest BCUT2D eigenvalue weighted by atomic mass is 10.1. The first-order valence-corrected chi connectivity index (χ1v) is 10.3. The number of carboxylic acid groups (broad SMARTS) is 1. The Kier molecular flexibility index (Phi) is 7.91. The summed E-state index contributed by atoms with van der Waals surface area (Å²) in [5, 5.41) is 16.4. The van der Waals surface area contributed by atoms with Crippen LogP contribution >= 0.6 is 11.8 Å². The van der Waals surface area contributed by atoms with Gasteiger partial charge in [0.2, 0.25) is 0 Å². The van der Waals surface area contributed by atoms with Crippen LogP contribution in [0.5, 0.6) is 0 Å². The topological polar surface area (TPSA) is 84.2 Å². The van der Waals surface area contributed by atoms with Gasteiger partial charge in [-0.05, 0) is 68.0 Å². The lowest BCUT2D eigenvalue weighted by Crippen LogP contribution is -2.24. The predicted molar refractivity (Wildman–Crippen MR) is 109 cm³/mol. The van der Waals surface area contributed by atoms with Crippen molar-refractivity contribution in [2.45, 2.75) is 40.0 Å². The molecule has 2 aromatic rings. The van der Waals surface area contributed by atoms with Gasteiger partial charge in [0.05, 0.1) is 11.4 Å². The van der Waals surface area contributed by atoms with Crippen molar-refractivity contribution in [2.24, 2.45) is 0 Å². The summed E-state index contributed by atoms with van der Waals surface area (Å²) >= 11 is 1.87. The van der Waals surface area contributed by atoms with E-state index in [4.69, 9.17) is 5.11 Å². The van der Waals surface area contributed by atoms with Crippen LogP contribution in [0.1, 0.15) is 47.1 Å². The second kappa shape index (κ2) is 10.2.